The van der Waals surface area contributed by atoms with E-state index in [1.807, 2.05) is 0 Å². The summed E-state index contributed by atoms with van der Waals surface area (Å²) in [6, 6.07) is 3.41. The largest absolute Gasteiger partial charge is 0.203 e. The molecule has 0 spiro atoms. The van der Waals surface area contributed by atoms with Gasteiger partial charge in [0, 0.05) is 1.43 Å². The summed E-state index contributed by atoms with van der Waals surface area (Å²) >= 11 is 0. The van der Waals surface area contributed by atoms with Gasteiger partial charge >= 0.3 is 0 Å². The number of aryl methyl sites for hydroxylation is 2. The number of hydrogen-bond acceptors (Lipinski definition) is 0. The molecule has 0 saturated heterocycles. The minimum atomic E-state index is -0.676. The average molecular weight is 270 g/mol. The molecule has 1 aromatic rings. The molecule has 1 aliphatic carbocycles. The molecule has 1 fully saturated rings. The highest BCUT2D eigenvalue weighted by molar-refractivity contribution is 5.25. The van der Waals surface area contributed by atoms with Gasteiger partial charge in [-0.05, 0) is 42.7 Å². The van der Waals surface area contributed by atoms with Gasteiger partial charge in [0.25, 0.3) is 0 Å². The Morgan fingerprint density at radius 1 is 1.11 bits per heavy atom. The first kappa shape index (κ1) is 16.1. The van der Waals surface area contributed by atoms with Crippen LogP contribution in [0.2, 0.25) is 0 Å². The molecule has 0 amide bonds. The second-order valence-corrected chi connectivity index (χ2v) is 5.83. The highest BCUT2D eigenvalue weighted by Gasteiger charge is 2.19. The molecular weight excluding hydrogens is 242 g/mol. The van der Waals surface area contributed by atoms with E-state index in [-0.39, 0.29) is 8.85 Å². The monoisotopic (exact) mass is 270 g/mol. The van der Waals surface area contributed by atoms with Crippen molar-refractivity contribution in [1.82, 2.24) is 0 Å². The lowest BCUT2D eigenvalue weighted by Gasteiger charge is -2.26. The van der Waals surface area contributed by atoms with Crippen LogP contribution in [0, 0.1) is 30.4 Å². The van der Waals surface area contributed by atoms with Gasteiger partial charge in [0.2, 0.25) is 0 Å². The molecular formula is C17H28F2. The van der Waals surface area contributed by atoms with Crippen LogP contribution in [0.25, 0.3) is 0 Å². The van der Waals surface area contributed by atoms with E-state index < -0.39 is 11.6 Å². The summed E-state index contributed by atoms with van der Waals surface area (Å²) < 4.78 is 27.1. The summed E-state index contributed by atoms with van der Waals surface area (Å²) in [5.41, 5.74) is 0.930. The van der Waals surface area contributed by atoms with Gasteiger partial charge in [-0.1, -0.05) is 52.2 Å². The molecule has 1 saturated carbocycles. The first-order valence-electron chi connectivity index (χ1n) is 7.01. The molecule has 0 radical (unpaired) electrons. The van der Waals surface area contributed by atoms with E-state index in [0.29, 0.717) is 23.5 Å². The fraction of sp³-hybridized carbons (Fsp3) is 0.647. The van der Waals surface area contributed by atoms with Crippen molar-refractivity contribution in [3.63, 3.8) is 0 Å². The van der Waals surface area contributed by atoms with E-state index >= 15 is 0 Å². The SMILES string of the molecule is C.Cc1ccc(CCC2CCC(C)CC2)c(F)c1F.[HH]. The summed E-state index contributed by atoms with van der Waals surface area (Å²) in [4.78, 5) is 0. The van der Waals surface area contributed by atoms with Gasteiger partial charge in [0.1, 0.15) is 0 Å². The van der Waals surface area contributed by atoms with Gasteiger partial charge in [0.15, 0.2) is 11.6 Å². The molecule has 2 rings (SSSR count). The van der Waals surface area contributed by atoms with Crippen LogP contribution in [-0.4, -0.2) is 0 Å². The fourth-order valence-corrected chi connectivity index (χ4v) is 2.86. The Labute approximate surface area is 117 Å². The third kappa shape index (κ3) is 4.02. The zero-order chi connectivity index (χ0) is 13.1. The van der Waals surface area contributed by atoms with E-state index in [4.69, 9.17) is 0 Å². The van der Waals surface area contributed by atoms with Gasteiger partial charge in [-0.25, -0.2) is 8.78 Å². The van der Waals surface area contributed by atoms with E-state index in [0.717, 1.165) is 12.3 Å². The molecule has 0 aliphatic heterocycles. The van der Waals surface area contributed by atoms with Crippen LogP contribution in [-0.2, 0) is 6.42 Å². The van der Waals surface area contributed by atoms with Crippen molar-refractivity contribution in [3.05, 3.63) is 34.9 Å². The Hall–Kier alpha value is -0.920. The maximum atomic E-state index is 13.7. The zero-order valence-corrected chi connectivity index (χ0v) is 11.3. The van der Waals surface area contributed by atoms with Crippen molar-refractivity contribution < 1.29 is 10.2 Å². The summed E-state index contributed by atoms with van der Waals surface area (Å²) in [5, 5.41) is 0. The molecule has 0 atom stereocenters. The third-order valence-corrected chi connectivity index (χ3v) is 4.31. The van der Waals surface area contributed by atoms with Crippen LogP contribution in [0.3, 0.4) is 0 Å². The summed E-state index contributed by atoms with van der Waals surface area (Å²) in [7, 11) is 0. The van der Waals surface area contributed by atoms with E-state index in [9.17, 15) is 8.78 Å². The van der Waals surface area contributed by atoms with Crippen molar-refractivity contribution in [1.29, 1.82) is 0 Å². The van der Waals surface area contributed by atoms with Crippen molar-refractivity contribution >= 4 is 0 Å². The van der Waals surface area contributed by atoms with Crippen LogP contribution in [0.15, 0.2) is 12.1 Å². The smallest absolute Gasteiger partial charge is 0.162 e. The van der Waals surface area contributed by atoms with Crippen molar-refractivity contribution in [2.75, 3.05) is 0 Å². The molecule has 0 nitrogen and oxygen atoms in total. The molecule has 0 heterocycles. The zero-order valence-electron chi connectivity index (χ0n) is 11.3. The molecule has 19 heavy (non-hydrogen) atoms. The van der Waals surface area contributed by atoms with Crippen LogP contribution in [0.4, 0.5) is 8.78 Å². The molecule has 1 aliphatic rings. The maximum Gasteiger partial charge on any atom is 0.162 e. The van der Waals surface area contributed by atoms with E-state index in [1.54, 1.807) is 19.1 Å². The van der Waals surface area contributed by atoms with Crippen LogP contribution < -0.4 is 0 Å². The summed E-state index contributed by atoms with van der Waals surface area (Å²) in [6.45, 7) is 3.90. The minimum Gasteiger partial charge on any atom is -0.203 e. The maximum absolute atomic E-state index is 13.7. The van der Waals surface area contributed by atoms with Gasteiger partial charge in [0.05, 0.1) is 0 Å². The van der Waals surface area contributed by atoms with Crippen LogP contribution in [0.5, 0.6) is 0 Å². The van der Waals surface area contributed by atoms with Gasteiger partial charge < -0.3 is 0 Å². The van der Waals surface area contributed by atoms with Gasteiger partial charge in [-0.2, -0.15) is 0 Å². The van der Waals surface area contributed by atoms with E-state index in [1.165, 1.54) is 25.7 Å². The molecule has 0 bridgehead atoms. The van der Waals surface area contributed by atoms with Gasteiger partial charge in [-0.15, -0.1) is 0 Å². The molecule has 0 N–H and O–H groups in total. The molecule has 110 valence electrons. The second-order valence-electron chi connectivity index (χ2n) is 5.83. The predicted molar refractivity (Wildman–Crippen MR) is 79.4 cm³/mol. The average Bonchev–Trinajstić information content (AvgIpc) is 2.37. The Kier molecular flexibility index (Phi) is 5.96. The Bertz CT molecular complexity index is 410. The number of halogens is 2. The standard InChI is InChI=1S/C16H22F2.CH4.H2/c1-11-3-6-13(7-4-11)8-10-14-9-5-12(2)15(17)16(14)18;;/h5,9,11,13H,3-4,6-8,10H2,1-2H3;1H4;1H. The summed E-state index contributed by atoms with van der Waals surface area (Å²) in [5.74, 6) is 0.226. The normalized spacial score (nSPS) is 22.9. The highest BCUT2D eigenvalue weighted by Crippen LogP contribution is 2.31. The Balaban J connectivity index is 0.00000180. The van der Waals surface area contributed by atoms with Crippen molar-refractivity contribution in [3.8, 4) is 0 Å². The Morgan fingerprint density at radius 3 is 2.37 bits per heavy atom. The summed E-state index contributed by atoms with van der Waals surface area (Å²) in [6.07, 6.45) is 6.73. The third-order valence-electron chi connectivity index (χ3n) is 4.31. The molecule has 0 unspecified atom stereocenters. The number of benzene rings is 1. The lowest BCUT2D eigenvalue weighted by molar-refractivity contribution is 0.277. The van der Waals surface area contributed by atoms with Crippen molar-refractivity contribution in [2.24, 2.45) is 11.8 Å². The number of rotatable bonds is 3. The lowest BCUT2D eigenvalue weighted by atomic mass is 9.80. The molecule has 1 aromatic carbocycles. The fourth-order valence-electron chi connectivity index (χ4n) is 2.86. The minimum absolute atomic E-state index is 0. The van der Waals surface area contributed by atoms with Gasteiger partial charge in [-0.3, -0.25) is 0 Å². The van der Waals surface area contributed by atoms with Crippen molar-refractivity contribution in [2.45, 2.75) is 59.8 Å². The Morgan fingerprint density at radius 2 is 1.74 bits per heavy atom. The lowest BCUT2D eigenvalue weighted by Crippen LogP contribution is -2.13. The quantitative estimate of drug-likeness (QED) is 0.640. The highest BCUT2D eigenvalue weighted by atomic mass is 19.2. The number of hydrogen-bond donors (Lipinski definition) is 0. The molecule has 2 heteroatoms. The van der Waals surface area contributed by atoms with E-state index in [2.05, 4.69) is 6.92 Å². The molecule has 0 aromatic heterocycles. The van der Waals surface area contributed by atoms with Crippen LogP contribution in [0.1, 0.15) is 59.0 Å². The second kappa shape index (κ2) is 7.02. The first-order valence-corrected chi connectivity index (χ1v) is 7.01. The topological polar surface area (TPSA) is 0 Å². The first-order chi connectivity index (χ1) is 8.58. The predicted octanol–water partition coefficient (Wildman–Crippen LogP) is 5.91. The van der Waals surface area contributed by atoms with Crippen LogP contribution >= 0.6 is 0 Å².